The van der Waals surface area contributed by atoms with Crippen LogP contribution < -0.4 is 11.0 Å². The number of nitrogens with zero attached hydrogens (tertiary/aromatic N) is 3. The first-order valence-electron chi connectivity index (χ1n) is 11.0. The summed E-state index contributed by atoms with van der Waals surface area (Å²) in [5, 5.41) is 14.5. The highest BCUT2D eigenvalue weighted by atomic mass is 16.2. The van der Waals surface area contributed by atoms with Gasteiger partial charge in [-0.05, 0) is 25.1 Å². The molecular formula is C27H22N6O2. The SMILES string of the molecule is Cc1[nH]n(-c2ccccc2)c(=O)c1/C(=N\NC(=O)c1cc(-c2ccccc2)n[nH]1)c1ccccc1. The molecule has 0 aliphatic heterocycles. The van der Waals surface area contributed by atoms with Gasteiger partial charge in [0.05, 0.1) is 16.9 Å². The second-order valence-corrected chi connectivity index (χ2v) is 7.89. The van der Waals surface area contributed by atoms with Crippen LogP contribution in [-0.4, -0.2) is 31.6 Å². The van der Waals surface area contributed by atoms with Crippen LogP contribution in [0.3, 0.4) is 0 Å². The van der Waals surface area contributed by atoms with E-state index in [0.717, 1.165) is 5.56 Å². The van der Waals surface area contributed by atoms with Gasteiger partial charge in [0.1, 0.15) is 11.4 Å². The standard InChI is InChI=1S/C27H22N6O2/c1-18-24(27(35)33(32-18)21-15-9-4-10-16-21)25(20-13-7-3-8-14-20)30-31-26(34)23-17-22(28-29-23)19-11-5-2-6-12-19/h2-17,32H,1H3,(H,28,29)(H,31,34)/b30-25-. The van der Waals surface area contributed by atoms with Gasteiger partial charge in [-0.3, -0.25) is 19.8 Å². The predicted octanol–water partition coefficient (Wildman–Crippen LogP) is 4.05. The number of hydrogen-bond acceptors (Lipinski definition) is 4. The summed E-state index contributed by atoms with van der Waals surface area (Å²) in [6.07, 6.45) is 0. The van der Waals surface area contributed by atoms with Crippen LogP contribution in [-0.2, 0) is 0 Å². The first-order valence-corrected chi connectivity index (χ1v) is 11.0. The molecule has 0 atom stereocenters. The molecule has 35 heavy (non-hydrogen) atoms. The van der Waals surface area contributed by atoms with Crippen molar-refractivity contribution in [2.24, 2.45) is 5.10 Å². The zero-order valence-corrected chi connectivity index (χ0v) is 18.9. The Balaban J connectivity index is 1.50. The maximum Gasteiger partial charge on any atom is 0.289 e. The highest BCUT2D eigenvalue weighted by Crippen LogP contribution is 2.17. The van der Waals surface area contributed by atoms with Gasteiger partial charge in [0.15, 0.2) is 0 Å². The summed E-state index contributed by atoms with van der Waals surface area (Å²) >= 11 is 0. The van der Waals surface area contributed by atoms with Crippen molar-refractivity contribution in [3.8, 4) is 16.9 Å². The van der Waals surface area contributed by atoms with Gasteiger partial charge in [0.25, 0.3) is 11.5 Å². The van der Waals surface area contributed by atoms with Gasteiger partial charge in [-0.15, -0.1) is 0 Å². The maximum atomic E-state index is 13.4. The summed E-state index contributed by atoms with van der Waals surface area (Å²) in [5.41, 5.74) is 6.86. The molecule has 8 heteroatoms. The molecule has 172 valence electrons. The van der Waals surface area contributed by atoms with Crippen molar-refractivity contribution >= 4 is 11.6 Å². The van der Waals surface area contributed by atoms with Crippen molar-refractivity contribution in [1.29, 1.82) is 0 Å². The number of hydrazone groups is 1. The number of aromatic amines is 2. The van der Waals surface area contributed by atoms with Crippen molar-refractivity contribution < 1.29 is 4.79 Å². The molecule has 1 amide bonds. The largest absolute Gasteiger partial charge is 0.295 e. The molecule has 0 fully saturated rings. The van der Waals surface area contributed by atoms with Gasteiger partial charge in [-0.25, -0.2) is 10.1 Å². The second-order valence-electron chi connectivity index (χ2n) is 7.89. The summed E-state index contributed by atoms with van der Waals surface area (Å²) in [5.74, 6) is -0.468. The van der Waals surface area contributed by atoms with Crippen LogP contribution in [0.4, 0.5) is 0 Å². The quantitative estimate of drug-likeness (QED) is 0.262. The van der Waals surface area contributed by atoms with E-state index in [1.54, 1.807) is 13.0 Å². The molecule has 0 spiro atoms. The number of hydrogen-bond donors (Lipinski definition) is 3. The van der Waals surface area contributed by atoms with E-state index in [9.17, 15) is 9.59 Å². The number of carbonyl (C=O) groups excluding carboxylic acids is 1. The number of aryl methyl sites for hydroxylation is 1. The van der Waals surface area contributed by atoms with Crippen molar-refractivity contribution in [3.05, 3.63) is 130 Å². The van der Waals surface area contributed by atoms with E-state index in [1.807, 2.05) is 91.0 Å². The predicted molar refractivity (Wildman–Crippen MR) is 135 cm³/mol. The Kier molecular flexibility index (Phi) is 5.92. The third-order valence-electron chi connectivity index (χ3n) is 5.53. The van der Waals surface area contributed by atoms with Crippen molar-refractivity contribution in [2.75, 3.05) is 0 Å². The highest BCUT2D eigenvalue weighted by molar-refractivity contribution is 6.13. The lowest BCUT2D eigenvalue weighted by molar-refractivity contribution is 0.0950. The molecule has 3 aromatic carbocycles. The van der Waals surface area contributed by atoms with Crippen LogP contribution in [0.25, 0.3) is 16.9 Å². The molecule has 0 bridgehead atoms. The molecule has 0 aliphatic rings. The van der Waals surface area contributed by atoms with Crippen LogP contribution in [0.1, 0.15) is 27.3 Å². The van der Waals surface area contributed by atoms with Crippen LogP contribution in [0, 0.1) is 6.92 Å². The average Bonchev–Trinajstić information content (AvgIpc) is 3.51. The van der Waals surface area contributed by atoms with Crippen LogP contribution >= 0.6 is 0 Å². The number of benzene rings is 3. The Labute approximate surface area is 200 Å². The molecule has 2 heterocycles. The van der Waals surface area contributed by atoms with E-state index < -0.39 is 5.91 Å². The first-order chi connectivity index (χ1) is 17.1. The Morgan fingerprint density at radius 2 is 1.54 bits per heavy atom. The maximum absolute atomic E-state index is 13.4. The Hall–Kier alpha value is -4.98. The summed E-state index contributed by atoms with van der Waals surface area (Å²) < 4.78 is 1.46. The molecule has 0 aliphatic carbocycles. The molecule has 3 N–H and O–H groups in total. The number of aromatic nitrogens is 4. The summed E-state index contributed by atoms with van der Waals surface area (Å²) in [6.45, 7) is 1.80. The van der Waals surface area contributed by atoms with E-state index in [4.69, 9.17) is 0 Å². The topological polar surface area (TPSA) is 108 Å². The van der Waals surface area contributed by atoms with Crippen molar-refractivity contribution in [3.63, 3.8) is 0 Å². The third kappa shape index (κ3) is 4.45. The van der Waals surface area contributed by atoms with Crippen molar-refractivity contribution in [2.45, 2.75) is 6.92 Å². The minimum Gasteiger partial charge on any atom is -0.295 e. The lowest BCUT2D eigenvalue weighted by Gasteiger charge is -2.06. The number of para-hydroxylation sites is 1. The molecule has 5 aromatic rings. The van der Waals surface area contributed by atoms with Gasteiger partial charge in [0.2, 0.25) is 0 Å². The normalized spacial score (nSPS) is 11.4. The fourth-order valence-corrected chi connectivity index (χ4v) is 3.81. The van der Waals surface area contributed by atoms with Gasteiger partial charge >= 0.3 is 0 Å². The smallest absolute Gasteiger partial charge is 0.289 e. The molecule has 0 saturated carbocycles. The molecule has 0 saturated heterocycles. The average molecular weight is 463 g/mol. The van der Waals surface area contributed by atoms with E-state index >= 15 is 0 Å². The zero-order valence-electron chi connectivity index (χ0n) is 18.9. The number of nitrogens with one attached hydrogen (secondary N) is 3. The number of amides is 1. The van der Waals surface area contributed by atoms with Crippen LogP contribution in [0.15, 0.2) is 107 Å². The Morgan fingerprint density at radius 1 is 0.914 bits per heavy atom. The van der Waals surface area contributed by atoms with Gasteiger partial charge in [-0.1, -0.05) is 78.9 Å². The Morgan fingerprint density at radius 3 is 2.23 bits per heavy atom. The fourth-order valence-electron chi connectivity index (χ4n) is 3.81. The number of rotatable bonds is 6. The molecule has 2 aromatic heterocycles. The fraction of sp³-hybridized carbons (Fsp3) is 0.0370. The molecule has 0 unspecified atom stereocenters. The summed E-state index contributed by atoms with van der Waals surface area (Å²) in [4.78, 5) is 26.3. The minimum atomic E-state index is -0.468. The van der Waals surface area contributed by atoms with Gasteiger partial charge in [-0.2, -0.15) is 10.2 Å². The van der Waals surface area contributed by atoms with Crippen LogP contribution in [0.5, 0.6) is 0 Å². The number of H-pyrrole nitrogens is 2. The minimum absolute atomic E-state index is 0.257. The molecule has 5 rings (SSSR count). The Bertz CT molecular complexity index is 1550. The lowest BCUT2D eigenvalue weighted by atomic mass is 10.0. The second kappa shape index (κ2) is 9.48. The van der Waals surface area contributed by atoms with Gasteiger partial charge < -0.3 is 0 Å². The molecule has 0 radical (unpaired) electrons. The molecule has 8 nitrogen and oxygen atoms in total. The number of carbonyl (C=O) groups is 1. The third-order valence-corrected chi connectivity index (χ3v) is 5.53. The zero-order chi connectivity index (χ0) is 24.2. The summed E-state index contributed by atoms with van der Waals surface area (Å²) in [6, 6.07) is 29.8. The molecular weight excluding hydrogens is 440 g/mol. The van der Waals surface area contributed by atoms with E-state index in [1.165, 1.54) is 4.68 Å². The van der Waals surface area contributed by atoms with E-state index in [0.29, 0.717) is 33.9 Å². The van der Waals surface area contributed by atoms with Crippen molar-refractivity contribution in [1.82, 2.24) is 25.4 Å². The monoisotopic (exact) mass is 462 g/mol. The lowest BCUT2D eigenvalue weighted by Crippen LogP contribution is -2.25. The first kappa shape index (κ1) is 21.8. The van der Waals surface area contributed by atoms with Crippen LogP contribution in [0.2, 0.25) is 0 Å². The summed E-state index contributed by atoms with van der Waals surface area (Å²) in [7, 11) is 0. The van der Waals surface area contributed by atoms with Gasteiger partial charge in [0, 0.05) is 16.8 Å². The van der Waals surface area contributed by atoms with E-state index in [2.05, 4.69) is 25.8 Å². The van der Waals surface area contributed by atoms with E-state index in [-0.39, 0.29) is 11.3 Å². The highest BCUT2D eigenvalue weighted by Gasteiger charge is 2.20.